The number of methoxy groups -OCH3 is 2. The lowest BCUT2D eigenvalue weighted by atomic mass is 10.2. The molecule has 0 spiro atoms. The molecule has 1 aromatic heterocycles. The Balaban J connectivity index is 2.12. The van der Waals surface area contributed by atoms with E-state index < -0.39 is 11.2 Å². The molecule has 10 heteroatoms. The Hall–Kier alpha value is -3.01. The maximum absolute atomic E-state index is 12.7. The molecule has 1 aromatic carbocycles. The summed E-state index contributed by atoms with van der Waals surface area (Å²) in [4.78, 5) is 32.8. The molecule has 0 aliphatic rings. The van der Waals surface area contributed by atoms with Crippen molar-refractivity contribution in [3.63, 3.8) is 0 Å². The van der Waals surface area contributed by atoms with Crippen LogP contribution in [0.5, 0.6) is 11.5 Å². The largest absolute Gasteiger partial charge is 0.497 e. The van der Waals surface area contributed by atoms with Gasteiger partial charge in [0.15, 0.2) is 5.16 Å². The lowest BCUT2D eigenvalue weighted by Crippen LogP contribution is -2.25. The summed E-state index contributed by atoms with van der Waals surface area (Å²) in [6, 6.07) is 5.10. The fraction of sp³-hybridized carbons (Fsp3) is 0.368. The van der Waals surface area contributed by atoms with E-state index in [2.05, 4.69) is 15.3 Å². The van der Waals surface area contributed by atoms with Gasteiger partial charge in [-0.15, -0.1) is 0 Å². The van der Waals surface area contributed by atoms with Gasteiger partial charge in [-0.25, -0.2) is 14.8 Å². The molecule has 3 N–H and O–H groups in total. The van der Waals surface area contributed by atoms with Gasteiger partial charge in [0.25, 0.3) is 0 Å². The topological polar surface area (TPSA) is 126 Å². The molecule has 0 saturated carbocycles. The molecule has 2 rings (SSSR count). The number of rotatable bonds is 9. The number of hydrogen-bond donors (Lipinski definition) is 2. The number of nitrogens with one attached hydrogen (secondary N) is 1. The molecule has 0 bridgehead atoms. The molecule has 1 heterocycles. The van der Waals surface area contributed by atoms with E-state index in [1.165, 1.54) is 20.4 Å². The maximum Gasteiger partial charge on any atom is 0.343 e. The minimum atomic E-state index is -0.585. The predicted octanol–water partition coefficient (Wildman–Crippen LogP) is 2.76. The Morgan fingerprint density at radius 2 is 1.83 bits per heavy atom. The summed E-state index contributed by atoms with van der Waals surface area (Å²) in [5, 5.41) is 2.66. The number of hydrogen-bond acceptors (Lipinski definition) is 9. The number of amides is 1. The highest BCUT2D eigenvalue weighted by Gasteiger charge is 2.21. The van der Waals surface area contributed by atoms with Gasteiger partial charge in [0.05, 0.1) is 26.1 Å². The Kier molecular flexibility index (Phi) is 8.08. The highest BCUT2D eigenvalue weighted by atomic mass is 32.2. The van der Waals surface area contributed by atoms with Crippen molar-refractivity contribution < 1.29 is 23.8 Å². The number of esters is 1. The molecule has 0 fully saturated rings. The molecule has 0 unspecified atom stereocenters. The van der Waals surface area contributed by atoms with Crippen LogP contribution in [0.15, 0.2) is 29.6 Å². The third kappa shape index (κ3) is 5.98. The van der Waals surface area contributed by atoms with Gasteiger partial charge in [-0.05, 0) is 13.3 Å². The van der Waals surface area contributed by atoms with Crippen LogP contribution in [0.2, 0.25) is 0 Å². The quantitative estimate of drug-likeness (QED) is 0.358. The zero-order valence-corrected chi connectivity index (χ0v) is 17.5. The van der Waals surface area contributed by atoms with Crippen molar-refractivity contribution in [1.82, 2.24) is 9.97 Å². The summed E-state index contributed by atoms with van der Waals surface area (Å²) in [6.45, 7) is 3.79. The van der Waals surface area contributed by atoms with Crippen LogP contribution < -0.4 is 20.5 Å². The summed E-state index contributed by atoms with van der Waals surface area (Å²) in [6.07, 6.45) is 1.83. The van der Waals surface area contributed by atoms with E-state index >= 15 is 0 Å². The Morgan fingerprint density at radius 3 is 2.34 bits per heavy atom. The van der Waals surface area contributed by atoms with Crippen LogP contribution in [0.3, 0.4) is 0 Å². The summed E-state index contributed by atoms with van der Waals surface area (Å²) in [5.41, 5.74) is 6.48. The number of ether oxygens (including phenoxy) is 3. The number of aromatic nitrogens is 2. The number of nitrogen functional groups attached to an aromatic ring is 1. The summed E-state index contributed by atoms with van der Waals surface area (Å²) < 4.78 is 15.3. The van der Waals surface area contributed by atoms with E-state index in [1.807, 2.05) is 6.92 Å². The first kappa shape index (κ1) is 22.3. The number of carbonyl (C=O) groups excluding carboxylic acids is 2. The fourth-order valence-electron chi connectivity index (χ4n) is 2.35. The van der Waals surface area contributed by atoms with Gasteiger partial charge in [-0.2, -0.15) is 0 Å². The minimum Gasteiger partial charge on any atom is -0.497 e. The molecule has 29 heavy (non-hydrogen) atoms. The molecule has 0 aliphatic heterocycles. The van der Waals surface area contributed by atoms with Crippen molar-refractivity contribution in [2.45, 2.75) is 30.7 Å². The van der Waals surface area contributed by atoms with Crippen molar-refractivity contribution >= 4 is 35.1 Å². The lowest BCUT2D eigenvalue weighted by Gasteiger charge is -2.15. The second kappa shape index (κ2) is 10.5. The monoisotopic (exact) mass is 420 g/mol. The SMILES string of the molecule is CCOC(=O)c1cnc(S[C@@H](CC)C(=O)Nc2cc(OC)cc(OC)c2)nc1N. The molecule has 2 aromatic rings. The van der Waals surface area contributed by atoms with Crippen LogP contribution in [0.4, 0.5) is 11.5 Å². The Morgan fingerprint density at radius 1 is 1.17 bits per heavy atom. The molecular weight excluding hydrogens is 396 g/mol. The molecule has 1 amide bonds. The smallest absolute Gasteiger partial charge is 0.343 e. The number of carbonyl (C=O) groups is 2. The number of nitrogens with zero attached hydrogens (tertiary/aromatic N) is 2. The van der Waals surface area contributed by atoms with Gasteiger partial charge >= 0.3 is 5.97 Å². The minimum absolute atomic E-state index is 0.00810. The van der Waals surface area contributed by atoms with Crippen LogP contribution in [0, 0.1) is 0 Å². The van der Waals surface area contributed by atoms with E-state index in [-0.39, 0.29) is 23.9 Å². The number of benzene rings is 1. The van der Waals surface area contributed by atoms with E-state index in [0.29, 0.717) is 28.8 Å². The highest BCUT2D eigenvalue weighted by molar-refractivity contribution is 8.00. The van der Waals surface area contributed by atoms with Crippen LogP contribution >= 0.6 is 11.8 Å². The average Bonchev–Trinajstić information content (AvgIpc) is 2.71. The predicted molar refractivity (Wildman–Crippen MR) is 111 cm³/mol. The summed E-state index contributed by atoms with van der Waals surface area (Å²) >= 11 is 1.16. The Labute approximate surface area is 173 Å². The summed E-state index contributed by atoms with van der Waals surface area (Å²) in [5.74, 6) is 0.313. The first-order chi connectivity index (χ1) is 13.9. The van der Waals surface area contributed by atoms with Crippen LogP contribution in [-0.4, -0.2) is 47.9 Å². The first-order valence-corrected chi connectivity index (χ1v) is 9.79. The van der Waals surface area contributed by atoms with E-state index in [1.54, 1.807) is 25.1 Å². The van der Waals surface area contributed by atoms with Gasteiger partial charge in [-0.3, -0.25) is 4.79 Å². The molecule has 0 saturated heterocycles. The third-order valence-corrected chi connectivity index (χ3v) is 5.06. The van der Waals surface area contributed by atoms with E-state index in [0.717, 1.165) is 11.8 Å². The van der Waals surface area contributed by atoms with Crippen LogP contribution in [0.25, 0.3) is 0 Å². The van der Waals surface area contributed by atoms with Crippen molar-refractivity contribution in [3.05, 3.63) is 30.0 Å². The van der Waals surface area contributed by atoms with Crippen LogP contribution in [-0.2, 0) is 9.53 Å². The van der Waals surface area contributed by atoms with Gasteiger partial charge in [-0.1, -0.05) is 18.7 Å². The van der Waals surface area contributed by atoms with E-state index in [4.69, 9.17) is 19.9 Å². The summed E-state index contributed by atoms with van der Waals surface area (Å²) in [7, 11) is 3.07. The Bertz CT molecular complexity index is 855. The average molecular weight is 420 g/mol. The van der Waals surface area contributed by atoms with Crippen LogP contribution in [0.1, 0.15) is 30.6 Å². The lowest BCUT2D eigenvalue weighted by molar-refractivity contribution is -0.115. The number of anilines is 2. The normalized spacial score (nSPS) is 11.4. The fourth-order valence-corrected chi connectivity index (χ4v) is 3.20. The molecule has 0 radical (unpaired) electrons. The van der Waals surface area contributed by atoms with E-state index in [9.17, 15) is 9.59 Å². The van der Waals surface area contributed by atoms with Crippen molar-refractivity contribution in [2.24, 2.45) is 0 Å². The highest BCUT2D eigenvalue weighted by Crippen LogP contribution is 2.28. The van der Waals surface area contributed by atoms with Gasteiger partial charge in [0.2, 0.25) is 5.91 Å². The molecule has 9 nitrogen and oxygen atoms in total. The zero-order valence-electron chi connectivity index (χ0n) is 16.7. The first-order valence-electron chi connectivity index (χ1n) is 8.92. The van der Waals surface area contributed by atoms with Gasteiger partial charge in [0, 0.05) is 30.1 Å². The molecular formula is C19H24N4O5S. The molecule has 156 valence electrons. The molecule has 0 aliphatic carbocycles. The second-order valence-electron chi connectivity index (χ2n) is 5.78. The zero-order chi connectivity index (χ0) is 21.4. The van der Waals surface area contributed by atoms with Crippen molar-refractivity contribution in [1.29, 1.82) is 0 Å². The standard InChI is InChI=1S/C19H24N4O5S/c1-5-15(17(24)22-11-7-12(26-3)9-13(8-11)27-4)29-19-21-10-14(16(20)23-19)18(25)28-6-2/h7-10,15H,5-6H2,1-4H3,(H,22,24)(H2,20,21,23)/t15-/m0/s1. The number of nitrogens with two attached hydrogens (primary N) is 1. The number of thioether (sulfide) groups is 1. The second-order valence-corrected chi connectivity index (χ2v) is 6.95. The maximum atomic E-state index is 12.7. The third-order valence-electron chi connectivity index (χ3n) is 3.82. The molecule has 1 atom stereocenters. The van der Waals surface area contributed by atoms with Crippen molar-refractivity contribution in [3.8, 4) is 11.5 Å². The van der Waals surface area contributed by atoms with Gasteiger partial charge < -0.3 is 25.3 Å². The van der Waals surface area contributed by atoms with Gasteiger partial charge in [0.1, 0.15) is 22.9 Å². The van der Waals surface area contributed by atoms with Crippen molar-refractivity contribution in [2.75, 3.05) is 31.9 Å².